The first-order valence-electron chi connectivity index (χ1n) is 3.62. The summed E-state index contributed by atoms with van der Waals surface area (Å²) in [5, 5.41) is 0. The summed E-state index contributed by atoms with van der Waals surface area (Å²) in [6.45, 7) is 6.73. The van der Waals surface area contributed by atoms with Crippen molar-refractivity contribution in [2.45, 2.75) is 33.6 Å². The van der Waals surface area contributed by atoms with E-state index in [-0.39, 0.29) is 0 Å². The highest BCUT2D eigenvalue weighted by molar-refractivity contribution is 4.83. The van der Waals surface area contributed by atoms with E-state index < -0.39 is 0 Å². The van der Waals surface area contributed by atoms with E-state index in [9.17, 15) is 0 Å². The Bertz CT molecular complexity index is 95.1. The lowest BCUT2D eigenvalue weighted by Gasteiger charge is -2.12. The van der Waals surface area contributed by atoms with Crippen LogP contribution < -0.4 is 0 Å². The zero-order valence-electron chi connectivity index (χ0n) is 6.65. The van der Waals surface area contributed by atoms with E-state index in [0.29, 0.717) is 0 Å². The maximum Gasteiger partial charge on any atom is 0.00886 e. The fourth-order valence-electron chi connectivity index (χ4n) is 0.644. The van der Waals surface area contributed by atoms with Crippen molar-refractivity contribution >= 4 is 0 Å². The molecule has 0 heteroatoms. The van der Waals surface area contributed by atoms with E-state index >= 15 is 0 Å². The first-order chi connectivity index (χ1) is 4.18. The Balaban J connectivity index is 3.29. The topological polar surface area (TPSA) is 0 Å². The van der Waals surface area contributed by atoms with Crippen LogP contribution in [0.1, 0.15) is 33.6 Å². The van der Waals surface area contributed by atoms with Crippen molar-refractivity contribution in [1.82, 2.24) is 0 Å². The third-order valence-electron chi connectivity index (χ3n) is 1.88. The molecule has 0 fully saturated rings. The third kappa shape index (κ3) is 4.09. The second kappa shape index (κ2) is 4.44. The van der Waals surface area contributed by atoms with Crippen molar-refractivity contribution in [3.05, 3.63) is 0 Å². The molecule has 0 amide bonds. The highest BCUT2D eigenvalue weighted by Crippen LogP contribution is 2.14. The lowest BCUT2D eigenvalue weighted by molar-refractivity contribution is 0.397. The molecule has 0 heterocycles. The van der Waals surface area contributed by atoms with Crippen molar-refractivity contribution < 1.29 is 0 Å². The average molecular weight is 124 g/mol. The standard InChI is InChI=1S/C9H16/c1-5-6-7-9(4)8(2)3/h1,8-9H,6-7H2,2-4H3. The second-order valence-corrected chi connectivity index (χ2v) is 2.96. The quantitative estimate of drug-likeness (QED) is 0.507. The first kappa shape index (κ1) is 8.56. The zero-order chi connectivity index (χ0) is 7.28. The molecule has 0 aliphatic heterocycles. The molecule has 0 saturated heterocycles. The van der Waals surface area contributed by atoms with Gasteiger partial charge in [0.15, 0.2) is 0 Å². The molecule has 0 aromatic carbocycles. The molecule has 1 atom stereocenters. The minimum Gasteiger partial charge on any atom is -0.120 e. The summed E-state index contributed by atoms with van der Waals surface area (Å²) >= 11 is 0. The van der Waals surface area contributed by atoms with Crippen LogP contribution in [0.3, 0.4) is 0 Å². The van der Waals surface area contributed by atoms with Crippen molar-refractivity contribution in [3.8, 4) is 12.3 Å². The fraction of sp³-hybridized carbons (Fsp3) is 0.778. The van der Waals surface area contributed by atoms with Gasteiger partial charge in [-0.3, -0.25) is 0 Å². The van der Waals surface area contributed by atoms with E-state index in [1.807, 2.05) is 0 Å². The second-order valence-electron chi connectivity index (χ2n) is 2.96. The van der Waals surface area contributed by atoms with Crippen LogP contribution in [-0.4, -0.2) is 0 Å². The summed E-state index contributed by atoms with van der Waals surface area (Å²) in [7, 11) is 0. The maximum absolute atomic E-state index is 5.13. The smallest absolute Gasteiger partial charge is 0.00886 e. The molecule has 0 aliphatic carbocycles. The number of hydrogen-bond donors (Lipinski definition) is 0. The molecule has 0 aromatic rings. The SMILES string of the molecule is C#CCCC(C)C(C)C. The van der Waals surface area contributed by atoms with Crippen LogP contribution in [0.4, 0.5) is 0 Å². The Hall–Kier alpha value is -0.440. The minimum absolute atomic E-state index is 0.776. The third-order valence-corrected chi connectivity index (χ3v) is 1.88. The lowest BCUT2D eigenvalue weighted by atomic mass is 9.94. The van der Waals surface area contributed by atoms with Gasteiger partial charge in [-0.05, 0) is 18.3 Å². The average Bonchev–Trinajstić information content (AvgIpc) is 1.82. The summed E-state index contributed by atoms with van der Waals surface area (Å²) < 4.78 is 0. The van der Waals surface area contributed by atoms with Gasteiger partial charge in [-0.25, -0.2) is 0 Å². The van der Waals surface area contributed by atoms with Gasteiger partial charge < -0.3 is 0 Å². The van der Waals surface area contributed by atoms with Gasteiger partial charge >= 0.3 is 0 Å². The Labute approximate surface area is 58.7 Å². The van der Waals surface area contributed by atoms with E-state index in [1.54, 1.807) is 0 Å². The number of rotatable bonds is 3. The molecule has 0 rings (SSSR count). The van der Waals surface area contributed by atoms with Crippen LogP contribution in [0.5, 0.6) is 0 Å². The molecule has 1 unspecified atom stereocenters. The normalized spacial score (nSPS) is 13.2. The molecule has 9 heavy (non-hydrogen) atoms. The zero-order valence-corrected chi connectivity index (χ0v) is 6.65. The molecule has 0 saturated carbocycles. The van der Waals surface area contributed by atoms with Crippen LogP contribution in [-0.2, 0) is 0 Å². The molecule has 0 bridgehead atoms. The predicted molar refractivity (Wildman–Crippen MR) is 42.1 cm³/mol. The van der Waals surface area contributed by atoms with Crippen LogP contribution >= 0.6 is 0 Å². The highest BCUT2D eigenvalue weighted by atomic mass is 14.1. The Morgan fingerprint density at radius 2 is 1.89 bits per heavy atom. The predicted octanol–water partition coefficient (Wildman–Crippen LogP) is 2.69. The van der Waals surface area contributed by atoms with E-state index in [4.69, 9.17) is 6.42 Å². The number of hydrogen-bond acceptors (Lipinski definition) is 0. The van der Waals surface area contributed by atoms with Crippen molar-refractivity contribution in [2.75, 3.05) is 0 Å². The van der Waals surface area contributed by atoms with Crippen LogP contribution in [0.15, 0.2) is 0 Å². The van der Waals surface area contributed by atoms with Gasteiger partial charge in [0.05, 0.1) is 0 Å². The molecule has 0 spiro atoms. The minimum atomic E-state index is 0.776. The molecular formula is C9H16. The van der Waals surface area contributed by atoms with E-state index in [0.717, 1.165) is 18.3 Å². The van der Waals surface area contributed by atoms with E-state index in [2.05, 4.69) is 26.7 Å². The van der Waals surface area contributed by atoms with Gasteiger partial charge in [-0.2, -0.15) is 0 Å². The summed E-state index contributed by atoms with van der Waals surface area (Å²) in [6.07, 6.45) is 7.23. The molecule has 0 radical (unpaired) electrons. The summed E-state index contributed by atoms with van der Waals surface area (Å²) in [4.78, 5) is 0. The summed E-state index contributed by atoms with van der Waals surface area (Å²) in [5.74, 6) is 4.21. The molecule has 0 nitrogen and oxygen atoms in total. The molecular weight excluding hydrogens is 108 g/mol. The molecule has 0 aliphatic rings. The largest absolute Gasteiger partial charge is 0.120 e. The Morgan fingerprint density at radius 3 is 2.22 bits per heavy atom. The van der Waals surface area contributed by atoms with Gasteiger partial charge in [-0.15, -0.1) is 12.3 Å². The first-order valence-corrected chi connectivity index (χ1v) is 3.62. The fourth-order valence-corrected chi connectivity index (χ4v) is 0.644. The number of terminal acetylenes is 1. The maximum atomic E-state index is 5.13. The van der Waals surface area contributed by atoms with Crippen molar-refractivity contribution in [2.24, 2.45) is 11.8 Å². The van der Waals surface area contributed by atoms with Gasteiger partial charge in [-0.1, -0.05) is 20.8 Å². The van der Waals surface area contributed by atoms with Crippen molar-refractivity contribution in [1.29, 1.82) is 0 Å². The van der Waals surface area contributed by atoms with Crippen LogP contribution in [0.2, 0.25) is 0 Å². The van der Waals surface area contributed by atoms with Gasteiger partial charge in [0.2, 0.25) is 0 Å². The van der Waals surface area contributed by atoms with Crippen molar-refractivity contribution in [3.63, 3.8) is 0 Å². The van der Waals surface area contributed by atoms with Gasteiger partial charge in [0, 0.05) is 6.42 Å². The lowest BCUT2D eigenvalue weighted by Crippen LogP contribution is -2.02. The summed E-state index contributed by atoms with van der Waals surface area (Å²) in [6, 6.07) is 0. The van der Waals surface area contributed by atoms with Crippen LogP contribution in [0, 0.1) is 24.2 Å². The Morgan fingerprint density at radius 1 is 1.33 bits per heavy atom. The molecule has 52 valence electrons. The highest BCUT2D eigenvalue weighted by Gasteiger charge is 2.04. The van der Waals surface area contributed by atoms with Gasteiger partial charge in [0.25, 0.3) is 0 Å². The van der Waals surface area contributed by atoms with Crippen LogP contribution in [0.25, 0.3) is 0 Å². The Kier molecular flexibility index (Phi) is 4.22. The molecule has 0 aromatic heterocycles. The summed E-state index contributed by atoms with van der Waals surface area (Å²) in [5.41, 5.74) is 0. The van der Waals surface area contributed by atoms with Gasteiger partial charge in [0.1, 0.15) is 0 Å². The monoisotopic (exact) mass is 124 g/mol. The molecule has 0 N–H and O–H groups in total. The van der Waals surface area contributed by atoms with E-state index in [1.165, 1.54) is 6.42 Å².